The van der Waals surface area contributed by atoms with E-state index in [1.54, 1.807) is 0 Å². The second kappa shape index (κ2) is 5.63. The molecule has 1 fully saturated rings. The lowest BCUT2D eigenvalue weighted by molar-refractivity contribution is 0.397. The third kappa shape index (κ3) is 3.29. The van der Waals surface area contributed by atoms with Gasteiger partial charge in [-0.2, -0.15) is 0 Å². The second-order valence-electron chi connectivity index (χ2n) is 4.38. The van der Waals surface area contributed by atoms with Gasteiger partial charge in [-0.1, -0.05) is 6.07 Å². The summed E-state index contributed by atoms with van der Waals surface area (Å²) in [5.41, 5.74) is 1.32. The fourth-order valence-corrected chi connectivity index (χ4v) is 2.69. The van der Waals surface area contributed by atoms with E-state index in [1.807, 2.05) is 0 Å². The zero-order chi connectivity index (χ0) is 11.5. The minimum absolute atomic E-state index is 0.646. The van der Waals surface area contributed by atoms with Gasteiger partial charge in [0.2, 0.25) is 0 Å². The molecular weight excluding hydrogens is 332 g/mol. The van der Waals surface area contributed by atoms with Crippen molar-refractivity contribution in [1.82, 2.24) is 10.2 Å². The fraction of sp³-hybridized carbons (Fsp3) is 0.500. The highest BCUT2D eigenvalue weighted by molar-refractivity contribution is 9.13. The summed E-state index contributed by atoms with van der Waals surface area (Å²) >= 11 is 7.01. The van der Waals surface area contributed by atoms with Crippen molar-refractivity contribution in [2.24, 2.45) is 0 Å². The molecule has 1 unspecified atom stereocenters. The van der Waals surface area contributed by atoms with E-state index in [-0.39, 0.29) is 0 Å². The molecule has 0 saturated carbocycles. The van der Waals surface area contributed by atoms with Crippen molar-refractivity contribution in [3.63, 3.8) is 0 Å². The van der Waals surface area contributed by atoms with Crippen LogP contribution in [0.25, 0.3) is 0 Å². The Labute approximate surface area is 114 Å². The molecule has 2 rings (SSSR count). The van der Waals surface area contributed by atoms with Gasteiger partial charge in [0.15, 0.2) is 0 Å². The van der Waals surface area contributed by atoms with Gasteiger partial charge in [0.25, 0.3) is 0 Å². The number of halogens is 2. The maximum Gasteiger partial charge on any atom is 0.0320 e. The van der Waals surface area contributed by atoms with Crippen LogP contribution in [0, 0.1) is 0 Å². The van der Waals surface area contributed by atoms with Crippen LogP contribution < -0.4 is 5.32 Å². The summed E-state index contributed by atoms with van der Waals surface area (Å²) in [4.78, 5) is 2.37. The molecule has 1 aliphatic heterocycles. The highest BCUT2D eigenvalue weighted by Gasteiger charge is 2.18. The summed E-state index contributed by atoms with van der Waals surface area (Å²) in [6.45, 7) is 3.32. The van der Waals surface area contributed by atoms with Gasteiger partial charge >= 0.3 is 0 Å². The Bertz CT molecular complexity index is 368. The Morgan fingerprint density at radius 2 is 2.19 bits per heavy atom. The molecule has 88 valence electrons. The summed E-state index contributed by atoms with van der Waals surface area (Å²) in [5.74, 6) is 0. The lowest BCUT2D eigenvalue weighted by Crippen LogP contribution is -2.30. The number of nitrogens with zero attached hydrogens (tertiary/aromatic N) is 1. The van der Waals surface area contributed by atoms with Crippen molar-refractivity contribution in [2.75, 3.05) is 20.1 Å². The zero-order valence-electron chi connectivity index (χ0n) is 9.34. The second-order valence-corrected chi connectivity index (χ2v) is 6.09. The van der Waals surface area contributed by atoms with Crippen LogP contribution in [-0.4, -0.2) is 31.1 Å². The highest BCUT2D eigenvalue weighted by atomic mass is 79.9. The number of nitrogens with one attached hydrogen (secondary N) is 1. The molecule has 1 saturated heterocycles. The first-order chi connectivity index (χ1) is 7.65. The Kier molecular flexibility index (Phi) is 4.41. The van der Waals surface area contributed by atoms with Gasteiger partial charge in [0.1, 0.15) is 0 Å². The molecule has 1 aromatic rings. The van der Waals surface area contributed by atoms with E-state index >= 15 is 0 Å². The maximum atomic E-state index is 3.60. The van der Waals surface area contributed by atoms with Crippen LogP contribution in [-0.2, 0) is 6.54 Å². The van der Waals surface area contributed by atoms with Gasteiger partial charge in [-0.3, -0.25) is 0 Å². The first-order valence-corrected chi connectivity index (χ1v) is 7.09. The van der Waals surface area contributed by atoms with Crippen molar-refractivity contribution < 1.29 is 0 Å². The van der Waals surface area contributed by atoms with E-state index in [2.05, 4.69) is 67.3 Å². The van der Waals surface area contributed by atoms with Gasteiger partial charge in [0, 0.05) is 28.1 Å². The van der Waals surface area contributed by atoms with Crippen molar-refractivity contribution >= 4 is 31.9 Å². The smallest absolute Gasteiger partial charge is 0.0320 e. The third-order valence-electron chi connectivity index (χ3n) is 2.97. The predicted molar refractivity (Wildman–Crippen MR) is 74.6 cm³/mol. The minimum atomic E-state index is 0.646. The van der Waals surface area contributed by atoms with E-state index < -0.39 is 0 Å². The molecule has 0 amide bonds. The molecule has 0 aromatic heterocycles. The van der Waals surface area contributed by atoms with Crippen molar-refractivity contribution in [3.05, 3.63) is 32.7 Å². The SMILES string of the molecule is CN1CCC(NCc2ccc(Br)c(Br)c2)C1. The normalized spacial score (nSPS) is 21.6. The number of likely N-dealkylation sites (tertiary alicyclic amines) is 1. The molecule has 0 spiro atoms. The van der Waals surface area contributed by atoms with Gasteiger partial charge < -0.3 is 10.2 Å². The van der Waals surface area contributed by atoms with Gasteiger partial charge in [-0.25, -0.2) is 0 Å². The van der Waals surface area contributed by atoms with Crippen molar-refractivity contribution in [3.8, 4) is 0 Å². The summed E-state index contributed by atoms with van der Waals surface area (Å²) < 4.78 is 2.23. The Hall–Kier alpha value is 0.1000. The lowest BCUT2D eigenvalue weighted by atomic mass is 10.2. The number of rotatable bonds is 3. The first kappa shape index (κ1) is 12.6. The molecule has 2 nitrogen and oxygen atoms in total. The average Bonchev–Trinajstić information content (AvgIpc) is 2.66. The number of hydrogen-bond donors (Lipinski definition) is 1. The van der Waals surface area contributed by atoms with Gasteiger partial charge in [0.05, 0.1) is 0 Å². The molecule has 0 radical (unpaired) electrons. The summed E-state index contributed by atoms with van der Waals surface area (Å²) in [7, 11) is 2.18. The van der Waals surface area contributed by atoms with Crippen molar-refractivity contribution in [2.45, 2.75) is 19.0 Å². The van der Waals surface area contributed by atoms with E-state index in [1.165, 1.54) is 18.5 Å². The first-order valence-electron chi connectivity index (χ1n) is 5.51. The Balaban J connectivity index is 1.87. The Morgan fingerprint density at radius 3 is 2.81 bits per heavy atom. The maximum absolute atomic E-state index is 3.60. The quantitative estimate of drug-likeness (QED) is 0.904. The topological polar surface area (TPSA) is 15.3 Å². The van der Waals surface area contributed by atoms with Crippen LogP contribution in [0.2, 0.25) is 0 Å². The minimum Gasteiger partial charge on any atom is -0.309 e. The molecule has 4 heteroatoms. The summed E-state index contributed by atoms with van der Waals surface area (Å²) in [6, 6.07) is 7.05. The molecule has 0 bridgehead atoms. The Morgan fingerprint density at radius 1 is 1.38 bits per heavy atom. The largest absolute Gasteiger partial charge is 0.309 e. The summed E-state index contributed by atoms with van der Waals surface area (Å²) in [5, 5.41) is 3.60. The molecule has 1 heterocycles. The molecule has 1 aliphatic rings. The third-order valence-corrected chi connectivity index (χ3v) is 4.85. The molecular formula is C12H16Br2N2. The monoisotopic (exact) mass is 346 g/mol. The fourth-order valence-electron chi connectivity index (χ4n) is 2.01. The van der Waals surface area contributed by atoms with Crippen LogP contribution in [0.5, 0.6) is 0 Å². The van der Waals surface area contributed by atoms with Crippen LogP contribution in [0.1, 0.15) is 12.0 Å². The summed E-state index contributed by atoms with van der Waals surface area (Å²) in [6.07, 6.45) is 1.26. The standard InChI is InChI=1S/C12H16Br2N2/c1-16-5-4-10(8-16)15-7-9-2-3-11(13)12(14)6-9/h2-3,6,10,15H,4-5,7-8H2,1H3. The zero-order valence-corrected chi connectivity index (χ0v) is 12.5. The van der Waals surface area contributed by atoms with E-state index in [0.29, 0.717) is 6.04 Å². The van der Waals surface area contributed by atoms with Crippen molar-refractivity contribution in [1.29, 1.82) is 0 Å². The number of benzene rings is 1. The van der Waals surface area contributed by atoms with Crippen LogP contribution >= 0.6 is 31.9 Å². The van der Waals surface area contributed by atoms with Gasteiger partial charge in [-0.05, 0) is 69.6 Å². The van der Waals surface area contributed by atoms with Crippen LogP contribution in [0.4, 0.5) is 0 Å². The van der Waals surface area contributed by atoms with E-state index in [4.69, 9.17) is 0 Å². The average molecular weight is 348 g/mol. The lowest BCUT2D eigenvalue weighted by Gasteiger charge is -2.13. The number of hydrogen-bond acceptors (Lipinski definition) is 2. The molecule has 16 heavy (non-hydrogen) atoms. The molecule has 1 atom stereocenters. The van der Waals surface area contributed by atoms with Gasteiger partial charge in [-0.15, -0.1) is 0 Å². The van der Waals surface area contributed by atoms with Crippen LogP contribution in [0.3, 0.4) is 0 Å². The highest BCUT2D eigenvalue weighted by Crippen LogP contribution is 2.23. The molecule has 1 N–H and O–H groups in total. The van der Waals surface area contributed by atoms with E-state index in [0.717, 1.165) is 22.0 Å². The van der Waals surface area contributed by atoms with Crippen LogP contribution in [0.15, 0.2) is 27.1 Å². The van der Waals surface area contributed by atoms with E-state index in [9.17, 15) is 0 Å². The molecule has 0 aliphatic carbocycles. The molecule has 1 aromatic carbocycles. The predicted octanol–water partition coefficient (Wildman–Crippen LogP) is 3.01. The number of likely N-dealkylation sites (N-methyl/N-ethyl adjacent to an activating group) is 1.